The van der Waals surface area contributed by atoms with Crippen LogP contribution in [0.2, 0.25) is 0 Å². The molecule has 0 radical (unpaired) electrons. The summed E-state index contributed by atoms with van der Waals surface area (Å²) in [5, 5.41) is 3.60. The summed E-state index contributed by atoms with van der Waals surface area (Å²) in [4.78, 5) is 1.65. The number of allylic oxidation sites excluding steroid dienone is 10. The summed E-state index contributed by atoms with van der Waals surface area (Å²) in [6.07, 6.45) is 11.6. The lowest BCUT2D eigenvalue weighted by atomic mass is 9.75. The van der Waals surface area contributed by atoms with E-state index < -0.39 is 0 Å². The van der Waals surface area contributed by atoms with Crippen LogP contribution in [-0.4, -0.2) is 32.1 Å². The minimum absolute atomic E-state index is 0.0308. The number of ether oxygens (including phenoxy) is 3. The molecule has 4 aliphatic heterocycles. The summed E-state index contributed by atoms with van der Waals surface area (Å²) < 4.78 is 17.3. The zero-order valence-electron chi connectivity index (χ0n) is 52.0. The molecule has 0 bridgehead atoms. The van der Waals surface area contributed by atoms with E-state index in [1.54, 1.807) is 27.2 Å². The zero-order valence-corrected chi connectivity index (χ0v) is 52.8. The zero-order chi connectivity index (χ0) is 54.2. The van der Waals surface area contributed by atoms with Crippen molar-refractivity contribution in [3.8, 4) is 0 Å². The van der Waals surface area contributed by atoms with E-state index in [1.807, 2.05) is 0 Å². The van der Waals surface area contributed by atoms with Crippen LogP contribution in [0.4, 0.5) is 0 Å². The third-order valence-corrected chi connectivity index (χ3v) is 15.0. The van der Waals surface area contributed by atoms with Gasteiger partial charge in [-0.15, -0.1) is 11.8 Å². The van der Waals surface area contributed by atoms with Gasteiger partial charge in [0.05, 0.1) is 6.61 Å². The predicted molar refractivity (Wildman–Crippen MR) is 310 cm³/mol. The molecule has 0 aromatic carbocycles. The maximum absolute atomic E-state index is 5.86. The molecule has 5 rings (SSSR count). The SMILES string of the molecule is CC(C)(C)C1=C(C(C)(C)C)CCC1.CC(C)(C)C1=C(C(C)(C)C)NCCC1.CC(C)(C)C1=C(C(C)(C)C)OCCC1.CC(C)(C)C1=C(C(C)(C)C)OCCO1.CC(C)(C)C1=C(C(C)(C)C)SCCC1. The van der Waals surface area contributed by atoms with E-state index in [0.29, 0.717) is 40.3 Å². The lowest BCUT2D eigenvalue weighted by Crippen LogP contribution is -2.33. The number of hydrogen-bond donors (Lipinski definition) is 1. The molecule has 4 heterocycles. The van der Waals surface area contributed by atoms with Crippen LogP contribution in [0.25, 0.3) is 0 Å². The van der Waals surface area contributed by atoms with Gasteiger partial charge in [0.2, 0.25) is 0 Å². The van der Waals surface area contributed by atoms with Crippen molar-refractivity contribution in [2.75, 3.05) is 32.1 Å². The van der Waals surface area contributed by atoms with Crippen LogP contribution in [0.15, 0.2) is 55.7 Å². The highest BCUT2D eigenvalue weighted by atomic mass is 32.2. The van der Waals surface area contributed by atoms with Crippen LogP contribution in [0.5, 0.6) is 0 Å². The summed E-state index contributed by atoms with van der Waals surface area (Å²) in [5.74, 6) is 4.57. The van der Waals surface area contributed by atoms with Crippen molar-refractivity contribution >= 4 is 11.8 Å². The molecule has 0 unspecified atom stereocenters. The Morgan fingerprint density at radius 1 is 0.304 bits per heavy atom. The van der Waals surface area contributed by atoms with Gasteiger partial charge in [-0.05, 0) is 112 Å². The van der Waals surface area contributed by atoms with Gasteiger partial charge >= 0.3 is 0 Å². The number of rotatable bonds is 0. The third kappa shape index (κ3) is 21.7. The van der Waals surface area contributed by atoms with Gasteiger partial charge in [0.15, 0.2) is 0 Å². The fourth-order valence-corrected chi connectivity index (χ4v) is 11.6. The molecule has 404 valence electrons. The molecule has 5 aliphatic rings. The molecule has 0 saturated carbocycles. The molecule has 0 saturated heterocycles. The topological polar surface area (TPSA) is 39.7 Å². The molecule has 0 amide bonds. The Morgan fingerprint density at radius 2 is 0.652 bits per heavy atom. The highest BCUT2D eigenvalue weighted by Crippen LogP contribution is 2.49. The Bertz CT molecular complexity index is 1450. The van der Waals surface area contributed by atoms with E-state index in [-0.39, 0.29) is 27.1 Å². The maximum atomic E-state index is 5.86. The van der Waals surface area contributed by atoms with E-state index in [1.165, 1.54) is 80.6 Å². The van der Waals surface area contributed by atoms with Crippen molar-refractivity contribution in [1.29, 1.82) is 0 Å². The van der Waals surface area contributed by atoms with Gasteiger partial charge < -0.3 is 19.5 Å². The summed E-state index contributed by atoms with van der Waals surface area (Å²) in [7, 11) is 0. The molecule has 0 spiro atoms. The first-order valence-electron chi connectivity index (χ1n) is 27.6. The average Bonchev–Trinajstić information content (AvgIpc) is 3.69. The first-order valence-corrected chi connectivity index (χ1v) is 28.6. The van der Waals surface area contributed by atoms with Gasteiger partial charge in [0.25, 0.3) is 0 Å². The quantitative estimate of drug-likeness (QED) is 0.245. The van der Waals surface area contributed by atoms with Crippen molar-refractivity contribution in [2.24, 2.45) is 54.1 Å². The normalized spacial score (nSPS) is 19.6. The standard InChI is InChI=1S/C13H25N.C13H24O.C13H24S.C13H24.C12H22O2/c3*1-12(2,3)10-8-7-9-14-11(10)13(4,5)6;1-12(2,3)10-8-7-9-11(10)13(4,5)6;1-11(2,3)9-10(12(4,5)6)14-8-7-13-9/h14H,7-9H2,1-6H3;2*7-9H2,1-6H3;7-9H2,1-6H3;7-8H2,1-6H3. The third-order valence-electron chi connectivity index (χ3n) is 13.4. The molecule has 4 nitrogen and oxygen atoms in total. The van der Waals surface area contributed by atoms with E-state index >= 15 is 0 Å². The summed E-state index contributed by atoms with van der Waals surface area (Å²) in [6, 6.07) is 0. The molecule has 69 heavy (non-hydrogen) atoms. The second-order valence-corrected chi connectivity index (χ2v) is 32.2. The molecule has 0 aromatic heterocycles. The molecular weight excluding hydrogens is 863 g/mol. The van der Waals surface area contributed by atoms with Crippen molar-refractivity contribution in [3.63, 3.8) is 0 Å². The lowest BCUT2D eigenvalue weighted by molar-refractivity contribution is 0.00833. The summed E-state index contributed by atoms with van der Waals surface area (Å²) in [6.45, 7) is 71.9. The van der Waals surface area contributed by atoms with Gasteiger partial charge in [0.1, 0.15) is 30.5 Å². The van der Waals surface area contributed by atoms with Gasteiger partial charge in [0, 0.05) is 33.9 Å². The minimum Gasteiger partial charge on any atom is -0.497 e. The Hall–Kier alpha value is -1.75. The number of nitrogens with one attached hydrogen (secondary N) is 1. The fourth-order valence-electron chi connectivity index (χ4n) is 10.1. The predicted octanol–water partition coefficient (Wildman–Crippen LogP) is 20.6. The number of hydrogen-bond acceptors (Lipinski definition) is 5. The molecule has 0 atom stereocenters. The second-order valence-electron chi connectivity index (χ2n) is 31.1. The van der Waals surface area contributed by atoms with Crippen LogP contribution in [-0.2, 0) is 14.2 Å². The highest BCUT2D eigenvalue weighted by molar-refractivity contribution is 8.03. The first kappa shape index (κ1) is 65.3. The molecule has 0 aromatic rings. The van der Waals surface area contributed by atoms with Crippen molar-refractivity contribution in [3.05, 3.63) is 55.7 Å². The van der Waals surface area contributed by atoms with E-state index in [9.17, 15) is 0 Å². The van der Waals surface area contributed by atoms with Crippen molar-refractivity contribution in [1.82, 2.24) is 5.32 Å². The lowest BCUT2D eigenvalue weighted by Gasteiger charge is -2.37. The Labute approximate surface area is 436 Å². The van der Waals surface area contributed by atoms with Crippen LogP contribution in [0, 0.1) is 54.1 Å². The van der Waals surface area contributed by atoms with Crippen LogP contribution >= 0.6 is 11.8 Å². The Balaban J connectivity index is 0.000000431. The molecule has 5 heteroatoms. The Kier molecular flexibility index (Phi) is 23.2. The van der Waals surface area contributed by atoms with Gasteiger partial charge in [-0.1, -0.05) is 224 Å². The maximum Gasteiger partial charge on any atom is 0.140 e. The molecule has 1 aliphatic carbocycles. The first-order chi connectivity index (χ1) is 30.6. The second kappa shape index (κ2) is 24.5. The van der Waals surface area contributed by atoms with E-state index in [2.05, 4.69) is 225 Å². The highest BCUT2D eigenvalue weighted by Gasteiger charge is 2.36. The van der Waals surface area contributed by atoms with Crippen LogP contribution in [0.3, 0.4) is 0 Å². The monoisotopic (exact) mass is 982 g/mol. The average molecular weight is 983 g/mol. The molecule has 0 fully saturated rings. The van der Waals surface area contributed by atoms with Crippen molar-refractivity contribution in [2.45, 2.75) is 265 Å². The van der Waals surface area contributed by atoms with E-state index in [4.69, 9.17) is 14.2 Å². The number of thioether (sulfide) groups is 1. The van der Waals surface area contributed by atoms with Gasteiger partial charge in [-0.3, -0.25) is 0 Å². The van der Waals surface area contributed by atoms with Crippen LogP contribution in [0.1, 0.15) is 265 Å². The largest absolute Gasteiger partial charge is 0.497 e. The summed E-state index contributed by atoms with van der Waals surface area (Å²) >= 11 is 2.08. The molecule has 1 N–H and O–H groups in total. The Morgan fingerprint density at radius 3 is 0.957 bits per heavy atom. The smallest absolute Gasteiger partial charge is 0.140 e. The fraction of sp³-hybridized carbons (Fsp3) is 0.844. The summed E-state index contributed by atoms with van der Waals surface area (Å²) in [5.41, 5.74) is 12.3. The van der Waals surface area contributed by atoms with Crippen LogP contribution < -0.4 is 5.32 Å². The van der Waals surface area contributed by atoms with E-state index in [0.717, 1.165) is 24.7 Å². The van der Waals surface area contributed by atoms with Gasteiger partial charge in [-0.25, -0.2) is 0 Å². The minimum atomic E-state index is 0.0308. The van der Waals surface area contributed by atoms with Gasteiger partial charge in [-0.2, -0.15) is 0 Å². The van der Waals surface area contributed by atoms with Crippen molar-refractivity contribution < 1.29 is 14.2 Å². The molecular formula is C64H119NO3S.